The zero-order chi connectivity index (χ0) is 13.9. The molecule has 0 aromatic rings. The Morgan fingerprint density at radius 2 is 1.95 bits per heavy atom. The van der Waals surface area contributed by atoms with Crippen molar-refractivity contribution in [1.29, 1.82) is 0 Å². The van der Waals surface area contributed by atoms with Gasteiger partial charge < -0.3 is 10.1 Å². The zero-order valence-corrected chi connectivity index (χ0v) is 12.7. The van der Waals surface area contributed by atoms with Crippen LogP contribution in [0.5, 0.6) is 0 Å². The average Bonchev–Trinajstić information content (AvgIpc) is 2.78. The van der Waals surface area contributed by atoms with Crippen molar-refractivity contribution < 1.29 is 9.53 Å². The summed E-state index contributed by atoms with van der Waals surface area (Å²) in [5, 5.41) is 3.33. The highest BCUT2D eigenvalue weighted by atomic mass is 16.5. The molecule has 0 aromatic heterocycles. The summed E-state index contributed by atoms with van der Waals surface area (Å²) in [7, 11) is 0. The van der Waals surface area contributed by atoms with E-state index >= 15 is 0 Å². The van der Waals surface area contributed by atoms with Crippen LogP contribution in [0, 0.1) is 17.3 Å². The molecule has 0 spiro atoms. The molecule has 3 nitrogen and oxygen atoms in total. The first-order chi connectivity index (χ1) is 9.05. The van der Waals surface area contributed by atoms with Gasteiger partial charge in [-0.2, -0.15) is 0 Å². The van der Waals surface area contributed by atoms with Gasteiger partial charge in [-0.1, -0.05) is 27.2 Å². The lowest BCUT2D eigenvalue weighted by Crippen LogP contribution is -2.39. The van der Waals surface area contributed by atoms with Crippen LogP contribution in [-0.4, -0.2) is 25.2 Å². The largest absolute Gasteiger partial charge is 0.462 e. The first-order valence-corrected chi connectivity index (χ1v) is 7.97. The lowest BCUT2D eigenvalue weighted by molar-refractivity contribution is -0.164. The van der Waals surface area contributed by atoms with Crippen molar-refractivity contribution in [2.75, 3.05) is 13.1 Å². The van der Waals surface area contributed by atoms with Gasteiger partial charge in [0.05, 0.1) is 5.41 Å². The Kier molecular flexibility index (Phi) is 4.88. The Labute approximate surface area is 117 Å². The second kappa shape index (κ2) is 6.25. The van der Waals surface area contributed by atoms with Gasteiger partial charge in [-0.05, 0) is 50.5 Å². The molecule has 3 heteroatoms. The van der Waals surface area contributed by atoms with Gasteiger partial charge in [0.1, 0.15) is 6.10 Å². The summed E-state index contributed by atoms with van der Waals surface area (Å²) < 4.78 is 5.89. The minimum Gasteiger partial charge on any atom is -0.462 e. The summed E-state index contributed by atoms with van der Waals surface area (Å²) in [4.78, 5) is 12.6. The molecule has 1 saturated heterocycles. The molecule has 0 aromatic carbocycles. The summed E-state index contributed by atoms with van der Waals surface area (Å²) >= 11 is 0. The molecule has 2 fully saturated rings. The van der Waals surface area contributed by atoms with E-state index in [0.29, 0.717) is 11.8 Å². The van der Waals surface area contributed by atoms with Crippen molar-refractivity contribution in [1.82, 2.24) is 5.32 Å². The van der Waals surface area contributed by atoms with E-state index in [1.807, 2.05) is 0 Å². The van der Waals surface area contributed by atoms with Gasteiger partial charge in [0.25, 0.3) is 0 Å². The zero-order valence-electron chi connectivity index (χ0n) is 12.7. The molecule has 0 radical (unpaired) electrons. The van der Waals surface area contributed by atoms with Gasteiger partial charge in [0.2, 0.25) is 0 Å². The lowest BCUT2D eigenvalue weighted by Gasteiger charge is -2.34. The van der Waals surface area contributed by atoms with Crippen molar-refractivity contribution in [3.8, 4) is 0 Å². The molecular formula is C16H29NO2. The van der Waals surface area contributed by atoms with Crippen LogP contribution in [0.4, 0.5) is 0 Å². The van der Waals surface area contributed by atoms with Crippen molar-refractivity contribution in [3.63, 3.8) is 0 Å². The number of hydrogen-bond donors (Lipinski definition) is 1. The first-order valence-electron chi connectivity index (χ1n) is 7.97. The first kappa shape index (κ1) is 14.8. The molecule has 3 unspecified atom stereocenters. The molecule has 2 rings (SSSR count). The van der Waals surface area contributed by atoms with E-state index in [4.69, 9.17) is 4.74 Å². The van der Waals surface area contributed by atoms with E-state index in [0.717, 1.165) is 45.2 Å². The van der Waals surface area contributed by atoms with Crippen molar-refractivity contribution in [3.05, 3.63) is 0 Å². The molecule has 1 N–H and O–H groups in total. The number of rotatable bonds is 4. The Balaban J connectivity index is 1.95. The fraction of sp³-hybridized carbons (Fsp3) is 0.938. The molecule has 2 aliphatic rings. The third-order valence-electron chi connectivity index (χ3n) is 4.81. The second-order valence-electron chi connectivity index (χ2n) is 6.90. The van der Waals surface area contributed by atoms with Crippen molar-refractivity contribution in [2.24, 2.45) is 17.3 Å². The quantitative estimate of drug-likeness (QED) is 0.795. The highest BCUT2D eigenvalue weighted by Gasteiger charge is 2.43. The van der Waals surface area contributed by atoms with E-state index in [9.17, 15) is 4.79 Å². The van der Waals surface area contributed by atoms with E-state index in [-0.39, 0.29) is 17.5 Å². The molecule has 0 amide bonds. The van der Waals surface area contributed by atoms with Crippen LogP contribution < -0.4 is 5.32 Å². The fourth-order valence-corrected chi connectivity index (χ4v) is 3.96. The van der Waals surface area contributed by atoms with E-state index in [1.165, 1.54) is 6.42 Å². The molecular weight excluding hydrogens is 238 g/mol. The van der Waals surface area contributed by atoms with Gasteiger partial charge in [0.15, 0.2) is 0 Å². The average molecular weight is 267 g/mol. The maximum absolute atomic E-state index is 12.6. The van der Waals surface area contributed by atoms with Crippen LogP contribution in [0.25, 0.3) is 0 Å². The third-order valence-corrected chi connectivity index (χ3v) is 4.81. The Morgan fingerprint density at radius 3 is 2.47 bits per heavy atom. The van der Waals surface area contributed by atoms with Gasteiger partial charge in [-0.15, -0.1) is 0 Å². The number of ether oxygens (including phenoxy) is 1. The normalized spacial score (nSPS) is 39.2. The number of carbonyl (C=O) groups excluding carboxylic acids is 1. The number of nitrogens with one attached hydrogen (secondary N) is 1. The Hall–Kier alpha value is -0.570. The minimum absolute atomic E-state index is 0.0608. The minimum atomic E-state index is -0.237. The highest BCUT2D eigenvalue weighted by Crippen LogP contribution is 2.36. The second-order valence-corrected chi connectivity index (χ2v) is 6.90. The topological polar surface area (TPSA) is 38.3 Å². The monoisotopic (exact) mass is 267 g/mol. The van der Waals surface area contributed by atoms with Crippen molar-refractivity contribution >= 4 is 5.97 Å². The van der Waals surface area contributed by atoms with Crippen LogP contribution in [0.1, 0.15) is 59.3 Å². The van der Waals surface area contributed by atoms with Crippen LogP contribution in [0.3, 0.4) is 0 Å². The third kappa shape index (κ3) is 3.50. The number of esters is 1. The molecule has 1 heterocycles. The maximum Gasteiger partial charge on any atom is 0.313 e. The molecule has 1 saturated carbocycles. The summed E-state index contributed by atoms with van der Waals surface area (Å²) in [6, 6.07) is 0. The SMILES string of the molecule is CCCC1(C(=O)OC2CC(C)CC(C)C2)CCNC1. The van der Waals surface area contributed by atoms with Crippen LogP contribution >= 0.6 is 0 Å². The van der Waals surface area contributed by atoms with Gasteiger partial charge in [-0.25, -0.2) is 0 Å². The Morgan fingerprint density at radius 1 is 1.26 bits per heavy atom. The number of carbonyl (C=O) groups is 1. The summed E-state index contributed by atoms with van der Waals surface area (Å²) in [5.41, 5.74) is -0.237. The van der Waals surface area contributed by atoms with E-state index in [2.05, 4.69) is 26.1 Å². The molecule has 3 atom stereocenters. The molecule has 110 valence electrons. The lowest BCUT2D eigenvalue weighted by atomic mass is 9.80. The molecule has 0 bridgehead atoms. The predicted octanol–water partition coefficient (Wildman–Crippen LogP) is 3.13. The molecule has 1 aliphatic carbocycles. The standard InChI is InChI=1S/C16H29NO2/c1-4-5-16(6-7-17-11-16)15(18)19-14-9-12(2)8-13(3)10-14/h12-14,17H,4-11H2,1-3H3. The van der Waals surface area contributed by atoms with Gasteiger partial charge in [0, 0.05) is 6.54 Å². The van der Waals surface area contributed by atoms with Gasteiger partial charge in [-0.3, -0.25) is 4.79 Å². The van der Waals surface area contributed by atoms with Crippen LogP contribution in [-0.2, 0) is 9.53 Å². The summed E-state index contributed by atoms with van der Waals surface area (Å²) in [5.74, 6) is 1.43. The fourth-order valence-electron chi connectivity index (χ4n) is 3.96. The van der Waals surface area contributed by atoms with Crippen LogP contribution in [0.2, 0.25) is 0 Å². The van der Waals surface area contributed by atoms with Crippen LogP contribution in [0.15, 0.2) is 0 Å². The predicted molar refractivity (Wildman–Crippen MR) is 76.9 cm³/mol. The van der Waals surface area contributed by atoms with Crippen molar-refractivity contribution in [2.45, 2.75) is 65.4 Å². The summed E-state index contributed by atoms with van der Waals surface area (Å²) in [6.45, 7) is 8.45. The van der Waals surface area contributed by atoms with Gasteiger partial charge >= 0.3 is 5.97 Å². The Bertz CT molecular complexity index is 300. The molecule has 19 heavy (non-hydrogen) atoms. The maximum atomic E-state index is 12.6. The van der Waals surface area contributed by atoms with E-state index < -0.39 is 0 Å². The smallest absolute Gasteiger partial charge is 0.313 e. The number of hydrogen-bond acceptors (Lipinski definition) is 3. The van der Waals surface area contributed by atoms with E-state index in [1.54, 1.807) is 0 Å². The summed E-state index contributed by atoms with van der Waals surface area (Å²) in [6.07, 6.45) is 6.47. The highest BCUT2D eigenvalue weighted by molar-refractivity contribution is 5.77. The molecule has 1 aliphatic heterocycles.